The highest BCUT2D eigenvalue weighted by molar-refractivity contribution is 6.06. The van der Waals surface area contributed by atoms with Gasteiger partial charge in [0.25, 0.3) is 5.91 Å². The molecule has 2 aromatic carbocycles. The van der Waals surface area contributed by atoms with Crippen LogP contribution in [0.4, 0.5) is 5.69 Å². The zero-order valence-corrected chi connectivity index (χ0v) is 21.0. The Bertz CT molecular complexity index is 1100. The monoisotopic (exact) mass is 476 g/mol. The highest BCUT2D eigenvalue weighted by Gasteiger charge is 2.35. The van der Waals surface area contributed by atoms with Gasteiger partial charge in [-0.15, -0.1) is 0 Å². The van der Waals surface area contributed by atoms with Crippen molar-refractivity contribution in [1.29, 1.82) is 0 Å². The minimum absolute atomic E-state index is 0.170. The van der Waals surface area contributed by atoms with Gasteiger partial charge in [-0.1, -0.05) is 62.7 Å². The number of benzene rings is 2. The van der Waals surface area contributed by atoms with Crippen molar-refractivity contribution in [2.75, 3.05) is 18.5 Å². The number of hydrogen-bond donors (Lipinski definition) is 3. The van der Waals surface area contributed by atoms with E-state index in [-0.39, 0.29) is 23.8 Å². The molecule has 0 bridgehead atoms. The Morgan fingerprint density at radius 3 is 2.49 bits per heavy atom. The first-order valence-electron chi connectivity index (χ1n) is 12.6. The average Bonchev–Trinajstić information content (AvgIpc) is 3.31. The Labute approximate surface area is 207 Å². The lowest BCUT2D eigenvalue weighted by molar-refractivity contribution is -0.131. The van der Waals surface area contributed by atoms with Crippen LogP contribution in [0.15, 0.2) is 48.5 Å². The molecule has 3 amide bonds. The second kappa shape index (κ2) is 10.6. The Morgan fingerprint density at radius 2 is 1.74 bits per heavy atom. The summed E-state index contributed by atoms with van der Waals surface area (Å²) in [5, 5.41) is 9.04. The fourth-order valence-corrected chi connectivity index (χ4v) is 5.02. The molecular formula is C28H36N4O3. The van der Waals surface area contributed by atoms with Gasteiger partial charge in [-0.3, -0.25) is 14.4 Å². The molecule has 2 aliphatic heterocycles. The molecule has 0 saturated carbocycles. The summed E-state index contributed by atoms with van der Waals surface area (Å²) in [5.74, 6) is 0.349. The van der Waals surface area contributed by atoms with Crippen LogP contribution in [0, 0.1) is 11.8 Å². The van der Waals surface area contributed by atoms with E-state index in [2.05, 4.69) is 29.8 Å². The van der Waals surface area contributed by atoms with E-state index < -0.39 is 12.1 Å². The van der Waals surface area contributed by atoms with Crippen LogP contribution in [0.1, 0.15) is 51.6 Å². The number of rotatable bonds is 7. The van der Waals surface area contributed by atoms with Gasteiger partial charge in [0.2, 0.25) is 11.8 Å². The molecule has 1 saturated heterocycles. The summed E-state index contributed by atoms with van der Waals surface area (Å²) < 4.78 is 0. The number of likely N-dealkylation sites (N-methyl/N-ethyl adjacent to an activating group) is 1. The van der Waals surface area contributed by atoms with Gasteiger partial charge in [0.15, 0.2) is 0 Å². The molecule has 7 heteroatoms. The van der Waals surface area contributed by atoms with Crippen molar-refractivity contribution in [1.82, 2.24) is 16.0 Å². The second-order valence-electron chi connectivity index (χ2n) is 10.2. The number of nitrogens with zero attached hydrogens (tertiary/aromatic N) is 1. The lowest BCUT2D eigenvalue weighted by Gasteiger charge is -2.25. The molecule has 186 valence electrons. The summed E-state index contributed by atoms with van der Waals surface area (Å²) in [6.45, 7) is 6.90. The molecule has 0 radical (unpaired) electrons. The Balaban J connectivity index is 1.44. The van der Waals surface area contributed by atoms with Crippen LogP contribution in [-0.2, 0) is 14.4 Å². The zero-order valence-electron chi connectivity index (χ0n) is 21.0. The molecular weight excluding hydrogens is 440 g/mol. The minimum Gasteiger partial charge on any atom is -0.343 e. The summed E-state index contributed by atoms with van der Waals surface area (Å²) in [5.41, 5.74) is 3.38. The summed E-state index contributed by atoms with van der Waals surface area (Å²) in [6.07, 6.45) is 3.03. The standard InChI is InChI=1S/C28H36N4O3/c1-17(2)13-14-19-15-23(29-16-19)27(34)30-18(3)26(33)31-25-22-11-6-5-9-20(22)21-10-7-8-12-24(21)32(4)28(25)35/h5-12,17-19,23,25,29H,13-16H2,1-4H3,(H,30,34)(H,31,33)/t18-,19+,23-,25+/m0/s1. The SMILES string of the molecule is CC(C)CC[C@H]1CN[C@H](C(=O)N[C@@H](C)C(=O)N[C@H]2C(=O)N(C)c3ccccc3-c3ccccc32)C1. The molecule has 7 nitrogen and oxygen atoms in total. The largest absolute Gasteiger partial charge is 0.343 e. The van der Waals surface area contributed by atoms with Gasteiger partial charge >= 0.3 is 0 Å². The number of carbonyl (C=O) groups excluding carboxylic acids is 3. The van der Waals surface area contributed by atoms with E-state index in [1.54, 1.807) is 18.9 Å². The summed E-state index contributed by atoms with van der Waals surface area (Å²) in [7, 11) is 1.72. The molecule has 2 aliphatic rings. The van der Waals surface area contributed by atoms with Crippen LogP contribution >= 0.6 is 0 Å². The molecule has 4 atom stereocenters. The molecule has 0 aliphatic carbocycles. The molecule has 4 rings (SSSR count). The van der Waals surface area contributed by atoms with Gasteiger partial charge in [-0.05, 0) is 55.3 Å². The van der Waals surface area contributed by atoms with Crippen LogP contribution in [0.2, 0.25) is 0 Å². The first-order valence-corrected chi connectivity index (χ1v) is 12.6. The maximum atomic E-state index is 13.4. The highest BCUT2D eigenvalue weighted by Crippen LogP contribution is 2.39. The fourth-order valence-electron chi connectivity index (χ4n) is 5.02. The van der Waals surface area contributed by atoms with Crippen LogP contribution in [0.3, 0.4) is 0 Å². The Morgan fingerprint density at radius 1 is 1.06 bits per heavy atom. The molecule has 1 fully saturated rings. The lowest BCUT2D eigenvalue weighted by atomic mass is 9.95. The Kier molecular flexibility index (Phi) is 7.55. The topological polar surface area (TPSA) is 90.5 Å². The number of carbonyl (C=O) groups is 3. The average molecular weight is 477 g/mol. The first kappa shape index (κ1) is 24.9. The maximum absolute atomic E-state index is 13.4. The molecule has 35 heavy (non-hydrogen) atoms. The molecule has 2 aromatic rings. The van der Waals surface area contributed by atoms with Gasteiger partial charge in [-0.25, -0.2) is 0 Å². The van der Waals surface area contributed by atoms with Crippen molar-refractivity contribution >= 4 is 23.4 Å². The van der Waals surface area contributed by atoms with Gasteiger partial charge in [0, 0.05) is 12.6 Å². The molecule has 0 spiro atoms. The van der Waals surface area contributed by atoms with Gasteiger partial charge in [-0.2, -0.15) is 0 Å². The highest BCUT2D eigenvalue weighted by atomic mass is 16.2. The summed E-state index contributed by atoms with van der Waals surface area (Å²) >= 11 is 0. The minimum atomic E-state index is -0.847. The van der Waals surface area contributed by atoms with E-state index >= 15 is 0 Å². The van der Waals surface area contributed by atoms with Crippen molar-refractivity contribution in [3.8, 4) is 11.1 Å². The fraction of sp³-hybridized carbons (Fsp3) is 0.464. The van der Waals surface area contributed by atoms with Crippen LogP contribution in [-0.4, -0.2) is 43.4 Å². The summed E-state index contributed by atoms with van der Waals surface area (Å²) in [6, 6.07) is 13.4. The predicted octanol–water partition coefficient (Wildman–Crippen LogP) is 3.41. The second-order valence-corrected chi connectivity index (χ2v) is 10.2. The van der Waals surface area contributed by atoms with E-state index in [1.165, 1.54) is 0 Å². The van der Waals surface area contributed by atoms with Gasteiger partial charge in [0.1, 0.15) is 12.1 Å². The smallest absolute Gasteiger partial charge is 0.253 e. The number of fused-ring (bicyclic) bond motifs is 3. The number of anilines is 1. The molecule has 0 unspecified atom stereocenters. The van der Waals surface area contributed by atoms with Gasteiger partial charge in [0.05, 0.1) is 11.7 Å². The number of nitrogens with one attached hydrogen (secondary N) is 3. The van der Waals surface area contributed by atoms with E-state index in [1.807, 2.05) is 48.5 Å². The van der Waals surface area contributed by atoms with Crippen molar-refractivity contribution in [2.45, 2.75) is 58.2 Å². The molecule has 2 heterocycles. The first-order chi connectivity index (χ1) is 16.8. The maximum Gasteiger partial charge on any atom is 0.253 e. The van der Waals surface area contributed by atoms with Crippen LogP contribution < -0.4 is 20.9 Å². The normalized spacial score (nSPS) is 22.3. The van der Waals surface area contributed by atoms with Crippen molar-refractivity contribution in [2.24, 2.45) is 11.8 Å². The van der Waals surface area contributed by atoms with E-state index in [0.717, 1.165) is 48.2 Å². The Hall–Kier alpha value is -3.19. The third kappa shape index (κ3) is 5.40. The lowest BCUT2D eigenvalue weighted by Crippen LogP contribution is -2.52. The van der Waals surface area contributed by atoms with E-state index in [9.17, 15) is 14.4 Å². The van der Waals surface area contributed by atoms with Crippen molar-refractivity contribution in [3.05, 3.63) is 54.1 Å². The van der Waals surface area contributed by atoms with Crippen molar-refractivity contribution < 1.29 is 14.4 Å². The number of hydrogen-bond acceptors (Lipinski definition) is 4. The zero-order chi connectivity index (χ0) is 25.1. The van der Waals surface area contributed by atoms with Crippen LogP contribution in [0.25, 0.3) is 11.1 Å². The number of amides is 3. The van der Waals surface area contributed by atoms with Gasteiger partial charge < -0.3 is 20.9 Å². The third-order valence-corrected chi connectivity index (χ3v) is 7.13. The molecule has 3 N–H and O–H groups in total. The quantitative estimate of drug-likeness (QED) is 0.571. The summed E-state index contributed by atoms with van der Waals surface area (Å²) in [4.78, 5) is 41.0. The predicted molar refractivity (Wildman–Crippen MR) is 138 cm³/mol. The van der Waals surface area contributed by atoms with E-state index in [0.29, 0.717) is 11.8 Å². The molecule has 0 aromatic heterocycles. The van der Waals surface area contributed by atoms with Crippen molar-refractivity contribution in [3.63, 3.8) is 0 Å². The third-order valence-electron chi connectivity index (χ3n) is 7.13. The van der Waals surface area contributed by atoms with E-state index in [4.69, 9.17) is 0 Å². The number of para-hydroxylation sites is 1. The van der Waals surface area contributed by atoms with Crippen LogP contribution in [0.5, 0.6) is 0 Å².